The number of hydrogen-bond acceptors (Lipinski definition) is 3. The largest absolute Gasteiger partial charge is 0.433 e. The lowest BCUT2D eigenvalue weighted by molar-refractivity contribution is -0.0489. The van der Waals surface area contributed by atoms with Crippen LogP contribution in [-0.2, 0) is 11.8 Å². The van der Waals surface area contributed by atoms with Crippen molar-refractivity contribution in [3.05, 3.63) is 103 Å². The Hall–Kier alpha value is -3.08. The highest BCUT2D eigenvalue weighted by atomic mass is 32.4. The Morgan fingerprint density at radius 3 is 2.00 bits per heavy atom. The van der Waals surface area contributed by atoms with E-state index >= 15 is 0 Å². The fourth-order valence-corrected chi connectivity index (χ4v) is 6.35. The molecule has 0 amide bonds. The lowest BCUT2D eigenvalue weighted by atomic mass is 10.0. The van der Waals surface area contributed by atoms with Crippen molar-refractivity contribution in [1.29, 1.82) is 0 Å². The number of nitrogens with zero attached hydrogens (tertiary/aromatic N) is 1. The molecule has 0 spiro atoms. The lowest BCUT2D eigenvalue weighted by Gasteiger charge is -2.23. The average Bonchev–Trinajstić information content (AvgIpc) is 2.83. The zero-order valence-electron chi connectivity index (χ0n) is 17.3. The first-order valence-electron chi connectivity index (χ1n) is 9.99. The van der Waals surface area contributed by atoms with E-state index in [9.17, 15) is 8.78 Å². The van der Waals surface area contributed by atoms with Gasteiger partial charge in [0.2, 0.25) is 0 Å². The van der Waals surface area contributed by atoms with Crippen molar-refractivity contribution in [2.45, 2.75) is 13.5 Å². The third kappa shape index (κ3) is 4.57. The molecule has 0 fully saturated rings. The third-order valence-corrected chi connectivity index (χ3v) is 9.02. The Kier molecular flexibility index (Phi) is 6.63. The van der Waals surface area contributed by atoms with Crippen LogP contribution >= 0.6 is 6.19 Å². The summed E-state index contributed by atoms with van der Waals surface area (Å²) >= 11 is 6.12. The molecule has 4 aromatic rings. The summed E-state index contributed by atoms with van der Waals surface area (Å²) in [6.45, 7) is -1.19. The summed E-state index contributed by atoms with van der Waals surface area (Å²) in [7, 11) is 0. The molecule has 32 heavy (non-hydrogen) atoms. The van der Waals surface area contributed by atoms with Crippen molar-refractivity contribution >= 4 is 45.1 Å². The summed E-state index contributed by atoms with van der Waals surface area (Å²) in [5.74, 6) is 0.105. The second-order valence-electron chi connectivity index (χ2n) is 7.12. The maximum atomic E-state index is 13.2. The standard InChI is InChI=1S/C25H21F2N2OPS/c1-18(22-17-16-19-10-8-9-15-23(19)24(22)30-25(26)27)28-29-31(32,20-11-4-2-5-12-20)21-13-6-3-7-14-21/h2-17,25H,1H3,(H,29,32)/b28-18+. The SMILES string of the molecule is C/C(=N\NP(=S)(c1ccccc1)c1ccccc1)c1ccc2ccccc2c1OC(F)F. The van der Waals surface area contributed by atoms with E-state index in [1.165, 1.54) is 0 Å². The van der Waals surface area contributed by atoms with E-state index in [1.54, 1.807) is 25.1 Å². The third-order valence-electron chi connectivity index (χ3n) is 5.07. The van der Waals surface area contributed by atoms with Gasteiger partial charge in [-0.05, 0) is 18.4 Å². The van der Waals surface area contributed by atoms with Crippen LogP contribution in [0.4, 0.5) is 8.78 Å². The maximum Gasteiger partial charge on any atom is 0.387 e. The van der Waals surface area contributed by atoms with Gasteiger partial charge in [-0.3, -0.25) is 5.20 Å². The van der Waals surface area contributed by atoms with E-state index in [-0.39, 0.29) is 5.75 Å². The van der Waals surface area contributed by atoms with Crippen LogP contribution in [0.1, 0.15) is 12.5 Å². The fourth-order valence-electron chi connectivity index (χ4n) is 3.49. The minimum absolute atomic E-state index is 0.105. The van der Waals surface area contributed by atoms with Crippen molar-refractivity contribution in [3.63, 3.8) is 0 Å². The molecule has 0 bridgehead atoms. The molecule has 0 heterocycles. The van der Waals surface area contributed by atoms with Crippen LogP contribution in [0.2, 0.25) is 0 Å². The van der Waals surface area contributed by atoms with Crippen LogP contribution in [0.25, 0.3) is 10.8 Å². The fraction of sp³-hybridized carbons (Fsp3) is 0.0800. The minimum atomic E-state index is -2.94. The molecule has 0 atom stereocenters. The molecule has 162 valence electrons. The predicted octanol–water partition coefficient (Wildman–Crippen LogP) is 5.80. The molecule has 0 aliphatic heterocycles. The summed E-state index contributed by atoms with van der Waals surface area (Å²) < 4.78 is 31.4. The molecule has 0 aliphatic carbocycles. The van der Waals surface area contributed by atoms with Gasteiger partial charge in [0.25, 0.3) is 0 Å². The molecule has 0 aromatic heterocycles. The Balaban J connectivity index is 1.78. The van der Waals surface area contributed by atoms with Crippen LogP contribution in [0.3, 0.4) is 0 Å². The number of halogens is 2. The smallest absolute Gasteiger partial charge is 0.387 e. The minimum Gasteiger partial charge on any atom is -0.433 e. The highest BCUT2D eigenvalue weighted by molar-refractivity contribution is 8.20. The molecule has 0 saturated heterocycles. The van der Waals surface area contributed by atoms with E-state index in [2.05, 4.69) is 10.3 Å². The van der Waals surface area contributed by atoms with E-state index in [4.69, 9.17) is 16.5 Å². The van der Waals surface area contributed by atoms with Crippen LogP contribution in [0, 0.1) is 0 Å². The molecular weight excluding hydrogens is 445 g/mol. The molecule has 7 heteroatoms. The summed E-state index contributed by atoms with van der Waals surface area (Å²) in [5.41, 5.74) is 0.992. The van der Waals surface area contributed by atoms with Crippen molar-refractivity contribution in [2.24, 2.45) is 5.10 Å². The highest BCUT2D eigenvalue weighted by Gasteiger charge is 2.22. The lowest BCUT2D eigenvalue weighted by Crippen LogP contribution is -2.25. The number of hydrogen-bond donors (Lipinski definition) is 1. The molecule has 0 radical (unpaired) electrons. The van der Waals surface area contributed by atoms with Gasteiger partial charge in [-0.2, -0.15) is 13.9 Å². The average molecular weight is 466 g/mol. The summed E-state index contributed by atoms with van der Waals surface area (Å²) in [4.78, 5) is 0. The van der Waals surface area contributed by atoms with E-state index in [1.807, 2.05) is 78.9 Å². The number of benzene rings is 4. The van der Waals surface area contributed by atoms with Crippen LogP contribution in [-0.4, -0.2) is 12.3 Å². The van der Waals surface area contributed by atoms with E-state index in [0.29, 0.717) is 16.7 Å². The Bertz CT molecular complexity index is 1250. The number of fused-ring (bicyclic) bond motifs is 1. The topological polar surface area (TPSA) is 33.6 Å². The van der Waals surface area contributed by atoms with Gasteiger partial charge < -0.3 is 4.74 Å². The predicted molar refractivity (Wildman–Crippen MR) is 132 cm³/mol. The van der Waals surface area contributed by atoms with Gasteiger partial charge in [0.1, 0.15) is 11.9 Å². The zero-order valence-corrected chi connectivity index (χ0v) is 19.0. The first kappa shape index (κ1) is 22.1. The van der Waals surface area contributed by atoms with Crippen molar-refractivity contribution in [2.75, 3.05) is 0 Å². The first-order chi connectivity index (χ1) is 15.5. The second-order valence-corrected chi connectivity index (χ2v) is 11.2. The van der Waals surface area contributed by atoms with Gasteiger partial charge in [-0.1, -0.05) is 103 Å². The number of nitrogens with one attached hydrogen (secondary N) is 1. The number of alkyl halides is 2. The quantitative estimate of drug-likeness (QED) is 0.212. The normalized spacial score (nSPS) is 12.2. The maximum absolute atomic E-state index is 13.2. The van der Waals surface area contributed by atoms with Gasteiger partial charge in [0, 0.05) is 21.6 Å². The Labute approximate surface area is 190 Å². The van der Waals surface area contributed by atoms with Crippen molar-refractivity contribution < 1.29 is 13.5 Å². The van der Waals surface area contributed by atoms with Crippen molar-refractivity contribution in [1.82, 2.24) is 5.20 Å². The summed E-state index contributed by atoms with van der Waals surface area (Å²) in [6.07, 6.45) is -2.48. The van der Waals surface area contributed by atoms with Gasteiger partial charge in [0.15, 0.2) is 0 Å². The zero-order chi connectivity index (χ0) is 22.6. The van der Waals surface area contributed by atoms with Gasteiger partial charge in [-0.25, -0.2) is 0 Å². The Morgan fingerprint density at radius 2 is 1.41 bits per heavy atom. The molecule has 3 nitrogen and oxygen atoms in total. The molecule has 0 saturated carbocycles. The molecule has 1 N–H and O–H groups in total. The number of ether oxygens (including phenoxy) is 1. The van der Waals surface area contributed by atoms with Crippen LogP contribution in [0.15, 0.2) is 102 Å². The molecule has 0 aliphatic rings. The number of hydrazone groups is 1. The molecule has 4 aromatic carbocycles. The van der Waals surface area contributed by atoms with Crippen molar-refractivity contribution in [3.8, 4) is 5.75 Å². The molecule has 4 rings (SSSR count). The molecule has 0 unspecified atom stereocenters. The number of rotatable bonds is 7. The van der Waals surface area contributed by atoms with E-state index in [0.717, 1.165) is 16.0 Å². The van der Waals surface area contributed by atoms with Gasteiger partial charge in [0.05, 0.1) is 5.71 Å². The van der Waals surface area contributed by atoms with Crippen LogP contribution < -0.4 is 20.5 Å². The highest BCUT2D eigenvalue weighted by Crippen LogP contribution is 2.39. The monoisotopic (exact) mass is 466 g/mol. The summed E-state index contributed by atoms with van der Waals surface area (Å²) in [5, 5.41) is 11.1. The second kappa shape index (κ2) is 9.60. The first-order valence-corrected chi connectivity index (χ1v) is 12.8. The van der Waals surface area contributed by atoms with E-state index < -0.39 is 12.8 Å². The van der Waals surface area contributed by atoms with Crippen LogP contribution in [0.5, 0.6) is 5.75 Å². The van der Waals surface area contributed by atoms with Gasteiger partial charge in [-0.15, -0.1) is 0 Å². The molecular formula is C25H21F2N2OPS. The Morgan fingerprint density at radius 1 is 0.844 bits per heavy atom. The van der Waals surface area contributed by atoms with Gasteiger partial charge >= 0.3 is 6.61 Å². The summed E-state index contributed by atoms with van der Waals surface area (Å²) in [6, 6.07) is 30.4.